The normalized spacial score (nSPS) is 12.0. The Labute approximate surface area is 139 Å². The van der Waals surface area contributed by atoms with Crippen molar-refractivity contribution in [1.82, 2.24) is 20.1 Å². The Morgan fingerprint density at radius 1 is 1.43 bits per heavy atom. The van der Waals surface area contributed by atoms with Gasteiger partial charge in [0.15, 0.2) is 5.16 Å². The molecule has 0 aliphatic heterocycles. The first kappa shape index (κ1) is 17.2. The molecular formula is C16H19FN4OS. The van der Waals surface area contributed by atoms with Crippen LogP contribution in [0.5, 0.6) is 0 Å². The molecule has 1 aromatic heterocycles. The highest BCUT2D eigenvalue weighted by Gasteiger charge is 2.13. The van der Waals surface area contributed by atoms with Gasteiger partial charge in [-0.1, -0.05) is 30.0 Å². The smallest absolute Gasteiger partial charge is 0.230 e. The third-order valence-corrected chi connectivity index (χ3v) is 4.26. The number of hydrogen-bond donors (Lipinski definition) is 1. The average molecular weight is 334 g/mol. The quantitative estimate of drug-likeness (QED) is 0.625. The van der Waals surface area contributed by atoms with E-state index in [0.717, 1.165) is 11.4 Å². The predicted octanol–water partition coefficient (Wildman–Crippen LogP) is 2.88. The van der Waals surface area contributed by atoms with E-state index < -0.39 is 0 Å². The number of aryl methyl sites for hydroxylation is 1. The fraction of sp³-hybridized carbons (Fsp3) is 0.312. The molecule has 0 fully saturated rings. The summed E-state index contributed by atoms with van der Waals surface area (Å²) in [7, 11) is 0. The molecule has 1 atom stereocenters. The van der Waals surface area contributed by atoms with Crippen LogP contribution in [-0.4, -0.2) is 26.4 Å². The van der Waals surface area contributed by atoms with Gasteiger partial charge in [-0.3, -0.25) is 4.79 Å². The molecule has 0 bridgehead atoms. The number of aromatic nitrogens is 3. The number of allylic oxidation sites excluding steroid dienone is 1. The maximum atomic E-state index is 12.9. The first-order valence-corrected chi connectivity index (χ1v) is 8.18. The first-order chi connectivity index (χ1) is 11.0. The van der Waals surface area contributed by atoms with E-state index in [1.54, 1.807) is 18.2 Å². The minimum atomic E-state index is -0.292. The molecule has 0 unspecified atom stereocenters. The Balaban J connectivity index is 1.90. The Hall–Kier alpha value is -2.15. The van der Waals surface area contributed by atoms with Crippen LogP contribution >= 0.6 is 11.8 Å². The summed E-state index contributed by atoms with van der Waals surface area (Å²) < 4.78 is 14.8. The third-order valence-electron chi connectivity index (χ3n) is 3.29. The molecule has 5 nitrogen and oxygen atoms in total. The largest absolute Gasteiger partial charge is 0.349 e. The number of halogens is 1. The van der Waals surface area contributed by atoms with Gasteiger partial charge in [-0.15, -0.1) is 16.8 Å². The highest BCUT2D eigenvalue weighted by Crippen LogP contribution is 2.18. The van der Waals surface area contributed by atoms with E-state index in [-0.39, 0.29) is 23.5 Å². The second-order valence-electron chi connectivity index (χ2n) is 5.06. The SMILES string of the molecule is C=CCn1c(C)nnc1SCC(=O)N[C@H](C)c1ccc(F)cc1. The Bertz CT molecular complexity index is 684. The van der Waals surface area contributed by atoms with Crippen molar-refractivity contribution in [3.05, 3.63) is 54.1 Å². The van der Waals surface area contributed by atoms with Gasteiger partial charge in [0.05, 0.1) is 11.8 Å². The van der Waals surface area contributed by atoms with Crippen molar-refractivity contribution < 1.29 is 9.18 Å². The zero-order valence-corrected chi connectivity index (χ0v) is 13.9. The second kappa shape index (κ2) is 7.92. The molecule has 7 heteroatoms. The molecule has 0 saturated heterocycles. The maximum Gasteiger partial charge on any atom is 0.230 e. The van der Waals surface area contributed by atoms with Crippen LogP contribution in [0.4, 0.5) is 4.39 Å². The second-order valence-corrected chi connectivity index (χ2v) is 6.00. The van der Waals surface area contributed by atoms with Gasteiger partial charge >= 0.3 is 0 Å². The number of hydrogen-bond acceptors (Lipinski definition) is 4. The molecule has 0 spiro atoms. The summed E-state index contributed by atoms with van der Waals surface area (Å²) in [5.41, 5.74) is 0.857. The van der Waals surface area contributed by atoms with Crippen molar-refractivity contribution in [3.8, 4) is 0 Å². The molecule has 1 amide bonds. The van der Waals surface area contributed by atoms with Crippen molar-refractivity contribution >= 4 is 17.7 Å². The van der Waals surface area contributed by atoms with Crippen molar-refractivity contribution in [2.45, 2.75) is 31.6 Å². The van der Waals surface area contributed by atoms with Gasteiger partial charge < -0.3 is 9.88 Å². The lowest BCUT2D eigenvalue weighted by molar-refractivity contribution is -0.119. The van der Waals surface area contributed by atoms with E-state index >= 15 is 0 Å². The van der Waals surface area contributed by atoms with Crippen LogP contribution in [0.15, 0.2) is 42.1 Å². The fourth-order valence-corrected chi connectivity index (χ4v) is 2.86. The topological polar surface area (TPSA) is 59.8 Å². The number of carbonyl (C=O) groups is 1. The summed E-state index contributed by atoms with van der Waals surface area (Å²) in [5, 5.41) is 11.6. The number of amides is 1. The summed E-state index contributed by atoms with van der Waals surface area (Å²) in [5.74, 6) is 0.616. The Morgan fingerprint density at radius 2 is 2.13 bits per heavy atom. The first-order valence-electron chi connectivity index (χ1n) is 7.19. The molecular weight excluding hydrogens is 315 g/mol. The zero-order chi connectivity index (χ0) is 16.8. The van der Waals surface area contributed by atoms with Crippen LogP contribution in [0.2, 0.25) is 0 Å². The molecule has 122 valence electrons. The van der Waals surface area contributed by atoms with E-state index in [4.69, 9.17) is 0 Å². The molecule has 0 aliphatic rings. The number of nitrogens with one attached hydrogen (secondary N) is 1. The maximum absolute atomic E-state index is 12.9. The lowest BCUT2D eigenvalue weighted by atomic mass is 10.1. The number of benzene rings is 1. The molecule has 0 aliphatic carbocycles. The van der Waals surface area contributed by atoms with E-state index in [1.807, 2.05) is 18.4 Å². The van der Waals surface area contributed by atoms with Crippen LogP contribution in [0.25, 0.3) is 0 Å². The zero-order valence-electron chi connectivity index (χ0n) is 13.1. The number of rotatable bonds is 7. The number of thioether (sulfide) groups is 1. The summed E-state index contributed by atoms with van der Waals surface area (Å²) in [4.78, 5) is 12.1. The van der Waals surface area contributed by atoms with Crippen molar-refractivity contribution in [2.75, 3.05) is 5.75 Å². The summed E-state index contributed by atoms with van der Waals surface area (Å²) >= 11 is 1.33. The van der Waals surface area contributed by atoms with Crippen LogP contribution < -0.4 is 5.32 Å². The van der Waals surface area contributed by atoms with E-state index in [2.05, 4.69) is 22.1 Å². The predicted molar refractivity (Wildman–Crippen MR) is 88.6 cm³/mol. The molecule has 2 rings (SSSR count). The molecule has 23 heavy (non-hydrogen) atoms. The summed E-state index contributed by atoms with van der Waals surface area (Å²) in [6.07, 6.45) is 1.76. The van der Waals surface area contributed by atoms with E-state index in [9.17, 15) is 9.18 Å². The van der Waals surface area contributed by atoms with Gasteiger partial charge in [0.25, 0.3) is 0 Å². The van der Waals surface area contributed by atoms with Gasteiger partial charge in [0.1, 0.15) is 11.6 Å². The average Bonchev–Trinajstić information content (AvgIpc) is 2.87. The van der Waals surface area contributed by atoms with Crippen molar-refractivity contribution in [3.63, 3.8) is 0 Å². The summed E-state index contributed by atoms with van der Waals surface area (Å²) in [6.45, 7) is 8.03. The molecule has 0 saturated carbocycles. The fourth-order valence-electron chi connectivity index (χ4n) is 2.06. The minimum Gasteiger partial charge on any atom is -0.349 e. The van der Waals surface area contributed by atoms with Crippen LogP contribution in [0.1, 0.15) is 24.4 Å². The van der Waals surface area contributed by atoms with Crippen molar-refractivity contribution in [1.29, 1.82) is 0 Å². The van der Waals surface area contributed by atoms with Gasteiger partial charge in [-0.25, -0.2) is 4.39 Å². The minimum absolute atomic E-state index is 0.113. The summed E-state index contributed by atoms with van der Waals surface area (Å²) in [6, 6.07) is 5.91. The molecule has 1 aromatic carbocycles. The lowest BCUT2D eigenvalue weighted by Crippen LogP contribution is -2.28. The lowest BCUT2D eigenvalue weighted by Gasteiger charge is -2.14. The Morgan fingerprint density at radius 3 is 2.78 bits per heavy atom. The van der Waals surface area contributed by atoms with Crippen molar-refractivity contribution in [2.24, 2.45) is 0 Å². The standard InChI is InChI=1S/C16H19FN4OS/c1-4-9-21-12(3)19-20-16(21)23-10-15(22)18-11(2)13-5-7-14(17)8-6-13/h4-8,11H,1,9-10H2,2-3H3,(H,18,22)/t11-/m1/s1. The highest BCUT2D eigenvalue weighted by molar-refractivity contribution is 7.99. The number of carbonyl (C=O) groups excluding carboxylic acids is 1. The van der Waals surface area contributed by atoms with Gasteiger partial charge in [-0.2, -0.15) is 0 Å². The van der Waals surface area contributed by atoms with Crippen LogP contribution in [0, 0.1) is 12.7 Å². The van der Waals surface area contributed by atoms with Crippen LogP contribution in [-0.2, 0) is 11.3 Å². The Kier molecular flexibility index (Phi) is 5.92. The molecule has 2 aromatic rings. The van der Waals surface area contributed by atoms with Gasteiger partial charge in [-0.05, 0) is 31.5 Å². The third kappa shape index (κ3) is 4.66. The van der Waals surface area contributed by atoms with Crippen LogP contribution in [0.3, 0.4) is 0 Å². The molecule has 0 radical (unpaired) electrons. The monoisotopic (exact) mass is 334 g/mol. The number of nitrogens with zero attached hydrogens (tertiary/aromatic N) is 3. The molecule has 1 N–H and O–H groups in total. The highest BCUT2D eigenvalue weighted by atomic mass is 32.2. The van der Waals surface area contributed by atoms with E-state index in [0.29, 0.717) is 11.7 Å². The van der Waals surface area contributed by atoms with Gasteiger partial charge in [0, 0.05) is 6.54 Å². The molecule has 1 heterocycles. The van der Waals surface area contributed by atoms with Gasteiger partial charge in [0.2, 0.25) is 5.91 Å². The van der Waals surface area contributed by atoms with E-state index in [1.165, 1.54) is 23.9 Å².